The fraction of sp³-hybridized carbons (Fsp3) is 0.154. The average molecular weight is 412 g/mol. The zero-order chi connectivity index (χ0) is 22.0. The lowest BCUT2D eigenvalue weighted by molar-refractivity contribution is 0.102. The molecule has 0 fully saturated rings. The Hall–Kier alpha value is -3.86. The molecule has 1 N–H and O–H groups in total. The number of hydrogen-bond donors (Lipinski definition) is 1. The van der Waals surface area contributed by atoms with Gasteiger partial charge in [-0.1, -0.05) is 35.9 Å². The number of carbonyl (C=O) groups excluding carboxylic acids is 1. The minimum absolute atomic E-state index is 0.181. The molecule has 4 rings (SSSR count). The van der Waals surface area contributed by atoms with Crippen molar-refractivity contribution in [3.63, 3.8) is 0 Å². The molecule has 5 nitrogen and oxygen atoms in total. The van der Waals surface area contributed by atoms with Crippen molar-refractivity contribution in [2.45, 2.75) is 13.8 Å². The lowest BCUT2D eigenvalue weighted by atomic mass is 10.0. The lowest BCUT2D eigenvalue weighted by Crippen LogP contribution is -2.14. The third-order valence-electron chi connectivity index (χ3n) is 5.28. The van der Waals surface area contributed by atoms with Crippen LogP contribution < -0.4 is 14.8 Å². The molecule has 0 aliphatic heterocycles. The number of fused-ring (bicyclic) bond motifs is 1. The maximum atomic E-state index is 13.3. The van der Waals surface area contributed by atoms with Crippen LogP contribution in [0.5, 0.6) is 11.5 Å². The van der Waals surface area contributed by atoms with E-state index in [1.807, 2.05) is 80.6 Å². The Labute approximate surface area is 181 Å². The Morgan fingerprint density at radius 1 is 0.903 bits per heavy atom. The topological polar surface area (TPSA) is 60.5 Å². The maximum absolute atomic E-state index is 13.3. The number of nitrogens with zero attached hydrogens (tertiary/aromatic N) is 1. The maximum Gasteiger partial charge on any atom is 0.256 e. The van der Waals surface area contributed by atoms with Gasteiger partial charge in [0.25, 0.3) is 5.91 Å². The van der Waals surface area contributed by atoms with E-state index in [-0.39, 0.29) is 5.91 Å². The number of methoxy groups -OCH3 is 2. The van der Waals surface area contributed by atoms with Crippen LogP contribution in [0.4, 0.5) is 5.69 Å². The van der Waals surface area contributed by atoms with Crippen LogP contribution in [0.25, 0.3) is 22.2 Å². The zero-order valence-electron chi connectivity index (χ0n) is 18.0. The first-order valence-electron chi connectivity index (χ1n) is 10.0. The average Bonchev–Trinajstić information content (AvgIpc) is 2.79. The molecular formula is C26H24N2O3. The molecule has 1 heterocycles. The van der Waals surface area contributed by atoms with Gasteiger partial charge >= 0.3 is 0 Å². The van der Waals surface area contributed by atoms with Gasteiger partial charge in [0, 0.05) is 22.7 Å². The standard InChI is InChI=1S/C26H24N2O3/c1-16-9-12-22(17(2)13-16)28-26(29)21-15-24(27-23-8-6-5-7-19(21)23)20-11-10-18(30-3)14-25(20)31-4/h5-15H,1-4H3,(H,28,29). The Kier molecular flexibility index (Phi) is 5.58. The monoisotopic (exact) mass is 412 g/mol. The molecule has 31 heavy (non-hydrogen) atoms. The molecule has 156 valence electrons. The van der Waals surface area contributed by atoms with Gasteiger partial charge in [0.1, 0.15) is 11.5 Å². The summed E-state index contributed by atoms with van der Waals surface area (Å²) < 4.78 is 10.9. The number of aryl methyl sites for hydroxylation is 2. The molecule has 1 aromatic heterocycles. The number of nitrogens with one attached hydrogen (secondary N) is 1. The first-order chi connectivity index (χ1) is 15.0. The van der Waals surface area contributed by atoms with Crippen LogP contribution in [-0.2, 0) is 0 Å². The predicted octanol–water partition coefficient (Wildman–Crippen LogP) is 5.79. The van der Waals surface area contributed by atoms with E-state index < -0.39 is 0 Å². The second-order valence-corrected chi connectivity index (χ2v) is 7.41. The van der Waals surface area contributed by atoms with Gasteiger partial charge in [0.2, 0.25) is 0 Å². The van der Waals surface area contributed by atoms with E-state index in [9.17, 15) is 4.79 Å². The van der Waals surface area contributed by atoms with E-state index in [1.165, 1.54) is 0 Å². The SMILES string of the molecule is COc1ccc(-c2cc(C(=O)Nc3ccc(C)cc3C)c3ccccc3n2)c(OC)c1. The summed E-state index contributed by atoms with van der Waals surface area (Å²) in [5, 5.41) is 3.85. The van der Waals surface area contributed by atoms with Gasteiger partial charge in [-0.3, -0.25) is 4.79 Å². The molecule has 0 saturated heterocycles. The molecule has 1 amide bonds. The number of para-hydroxylation sites is 1. The van der Waals surface area contributed by atoms with Crippen LogP contribution in [-0.4, -0.2) is 25.1 Å². The molecule has 0 aliphatic rings. The number of aromatic nitrogens is 1. The van der Waals surface area contributed by atoms with Gasteiger partial charge in [-0.25, -0.2) is 4.98 Å². The summed E-state index contributed by atoms with van der Waals surface area (Å²) in [6.45, 7) is 4.02. The summed E-state index contributed by atoms with van der Waals surface area (Å²) in [4.78, 5) is 18.1. The quantitative estimate of drug-likeness (QED) is 0.451. The summed E-state index contributed by atoms with van der Waals surface area (Å²) >= 11 is 0. The van der Waals surface area contributed by atoms with Crippen molar-refractivity contribution in [2.24, 2.45) is 0 Å². The molecule has 0 aliphatic carbocycles. The number of rotatable bonds is 5. The number of pyridine rings is 1. The third kappa shape index (κ3) is 4.08. The third-order valence-corrected chi connectivity index (χ3v) is 5.28. The summed E-state index contributed by atoms with van der Waals surface area (Å²) in [7, 11) is 3.21. The highest BCUT2D eigenvalue weighted by Crippen LogP contribution is 2.34. The fourth-order valence-electron chi connectivity index (χ4n) is 3.65. The molecule has 0 unspecified atom stereocenters. The Morgan fingerprint density at radius 2 is 1.71 bits per heavy atom. The molecule has 0 bridgehead atoms. The molecule has 3 aromatic carbocycles. The normalized spacial score (nSPS) is 10.7. The largest absolute Gasteiger partial charge is 0.497 e. The first kappa shape index (κ1) is 20.4. The van der Waals surface area contributed by atoms with Gasteiger partial charge in [-0.2, -0.15) is 0 Å². The van der Waals surface area contributed by atoms with Crippen LogP contribution in [0.2, 0.25) is 0 Å². The van der Waals surface area contributed by atoms with E-state index in [4.69, 9.17) is 14.5 Å². The Morgan fingerprint density at radius 3 is 2.45 bits per heavy atom. The number of carbonyl (C=O) groups is 1. The zero-order valence-corrected chi connectivity index (χ0v) is 18.0. The van der Waals surface area contributed by atoms with Crippen molar-refractivity contribution in [1.29, 1.82) is 0 Å². The van der Waals surface area contributed by atoms with E-state index in [1.54, 1.807) is 14.2 Å². The lowest BCUT2D eigenvalue weighted by Gasteiger charge is -2.14. The fourth-order valence-corrected chi connectivity index (χ4v) is 3.65. The van der Waals surface area contributed by atoms with Gasteiger partial charge in [0.05, 0.1) is 31.0 Å². The van der Waals surface area contributed by atoms with Crippen LogP contribution >= 0.6 is 0 Å². The smallest absolute Gasteiger partial charge is 0.256 e. The molecule has 5 heteroatoms. The highest BCUT2D eigenvalue weighted by atomic mass is 16.5. The van der Waals surface area contributed by atoms with Crippen molar-refractivity contribution >= 4 is 22.5 Å². The Bertz CT molecular complexity index is 1280. The molecule has 0 atom stereocenters. The van der Waals surface area contributed by atoms with Crippen molar-refractivity contribution < 1.29 is 14.3 Å². The van der Waals surface area contributed by atoms with E-state index in [2.05, 4.69) is 5.32 Å². The number of hydrogen-bond acceptors (Lipinski definition) is 4. The van der Waals surface area contributed by atoms with Crippen molar-refractivity contribution in [2.75, 3.05) is 19.5 Å². The molecular weight excluding hydrogens is 388 g/mol. The van der Waals surface area contributed by atoms with E-state index in [0.29, 0.717) is 22.8 Å². The van der Waals surface area contributed by atoms with Crippen LogP contribution in [0.3, 0.4) is 0 Å². The number of benzene rings is 3. The van der Waals surface area contributed by atoms with Gasteiger partial charge < -0.3 is 14.8 Å². The van der Waals surface area contributed by atoms with E-state index in [0.717, 1.165) is 33.3 Å². The van der Waals surface area contributed by atoms with Crippen LogP contribution in [0.1, 0.15) is 21.5 Å². The van der Waals surface area contributed by atoms with Gasteiger partial charge in [-0.15, -0.1) is 0 Å². The van der Waals surface area contributed by atoms with Crippen LogP contribution in [0, 0.1) is 13.8 Å². The van der Waals surface area contributed by atoms with Crippen molar-refractivity contribution in [3.05, 3.63) is 83.4 Å². The highest BCUT2D eigenvalue weighted by molar-refractivity contribution is 6.13. The summed E-state index contributed by atoms with van der Waals surface area (Å²) in [5.74, 6) is 1.14. The summed E-state index contributed by atoms with van der Waals surface area (Å²) in [5.41, 5.74) is 5.70. The molecule has 4 aromatic rings. The second-order valence-electron chi connectivity index (χ2n) is 7.41. The number of amides is 1. The summed E-state index contributed by atoms with van der Waals surface area (Å²) in [6, 6.07) is 21.0. The number of anilines is 1. The van der Waals surface area contributed by atoms with Crippen molar-refractivity contribution in [3.8, 4) is 22.8 Å². The first-order valence-corrected chi connectivity index (χ1v) is 10.0. The highest BCUT2D eigenvalue weighted by Gasteiger charge is 2.17. The molecule has 0 saturated carbocycles. The minimum atomic E-state index is -0.181. The van der Waals surface area contributed by atoms with Gasteiger partial charge in [0.15, 0.2) is 0 Å². The molecule has 0 spiro atoms. The number of ether oxygens (including phenoxy) is 2. The predicted molar refractivity (Wildman–Crippen MR) is 124 cm³/mol. The van der Waals surface area contributed by atoms with Gasteiger partial charge in [-0.05, 0) is 49.7 Å². The Balaban J connectivity index is 1.83. The van der Waals surface area contributed by atoms with E-state index >= 15 is 0 Å². The van der Waals surface area contributed by atoms with Crippen molar-refractivity contribution in [1.82, 2.24) is 4.98 Å². The minimum Gasteiger partial charge on any atom is -0.497 e. The second kappa shape index (κ2) is 8.48. The molecule has 0 radical (unpaired) electrons. The van der Waals surface area contributed by atoms with Crippen LogP contribution in [0.15, 0.2) is 66.7 Å². The summed E-state index contributed by atoms with van der Waals surface area (Å²) in [6.07, 6.45) is 0.